The van der Waals surface area contributed by atoms with E-state index >= 15 is 0 Å². The van der Waals surface area contributed by atoms with E-state index in [0.29, 0.717) is 0 Å². The maximum atomic E-state index is 11.2. The van der Waals surface area contributed by atoms with Gasteiger partial charge in [0.25, 0.3) is 0 Å². The third-order valence-corrected chi connectivity index (χ3v) is 3.03. The normalized spacial score (nSPS) is 12.5. The van der Waals surface area contributed by atoms with Crippen LogP contribution in [0.1, 0.15) is 12.8 Å². The van der Waals surface area contributed by atoms with Gasteiger partial charge >= 0.3 is 18.1 Å². The molecule has 0 saturated heterocycles. The summed E-state index contributed by atoms with van der Waals surface area (Å²) in [6, 6.07) is 0. The molecule has 22 heavy (non-hydrogen) atoms. The Hall–Kier alpha value is -1.91. The van der Waals surface area contributed by atoms with Crippen molar-refractivity contribution >= 4 is 18.1 Å². The zero-order valence-electron chi connectivity index (χ0n) is 11.8. The van der Waals surface area contributed by atoms with Gasteiger partial charge in [-0.1, -0.05) is 0 Å². The molecule has 0 aliphatic carbocycles. The number of aliphatic hydroxyl groups excluding tert-OH is 3. The number of carboxylic acids is 2. The molecule has 0 aromatic carbocycles. The summed E-state index contributed by atoms with van der Waals surface area (Å²) in [4.78, 5) is 32.4. The molecule has 0 saturated carbocycles. The quantitative estimate of drug-likeness (QED) is 0.287. The number of rotatable bonds is 11. The van der Waals surface area contributed by atoms with Gasteiger partial charge in [0.2, 0.25) is 0 Å². The molecular formula is C12H20O10. The van der Waals surface area contributed by atoms with Gasteiger partial charge in [-0.3, -0.25) is 9.59 Å². The average Bonchev–Trinajstić information content (AvgIpc) is 2.48. The monoisotopic (exact) mass is 324 g/mol. The highest BCUT2D eigenvalue weighted by Gasteiger charge is 2.28. The van der Waals surface area contributed by atoms with E-state index in [2.05, 4.69) is 9.47 Å². The first kappa shape index (κ1) is 20.1. The fourth-order valence-electron chi connectivity index (χ4n) is 1.38. The smallest absolute Gasteiger partial charge is 0.481 e. The predicted octanol–water partition coefficient (Wildman–Crippen LogP) is -1.33. The Labute approximate surface area is 125 Å². The zero-order valence-corrected chi connectivity index (χ0v) is 11.8. The summed E-state index contributed by atoms with van der Waals surface area (Å²) in [6.07, 6.45) is -1.95. The first-order chi connectivity index (χ1) is 10.3. The van der Waals surface area contributed by atoms with E-state index in [9.17, 15) is 14.4 Å². The second kappa shape index (κ2) is 9.92. The fraction of sp³-hybridized carbons (Fsp3) is 0.750. The lowest BCUT2D eigenvalue weighted by Gasteiger charge is -2.26. The Bertz CT molecular complexity index is 368. The van der Waals surface area contributed by atoms with Crippen LogP contribution in [0.3, 0.4) is 0 Å². The SMILES string of the molecule is O=C(O)CC(COC(=O)OCCC(CO)(CO)CO)C(=O)O. The van der Waals surface area contributed by atoms with Gasteiger partial charge in [-0.05, 0) is 6.42 Å². The molecule has 0 rings (SSSR count). The third-order valence-electron chi connectivity index (χ3n) is 3.03. The molecule has 0 spiro atoms. The second-order valence-electron chi connectivity index (χ2n) is 4.77. The largest absolute Gasteiger partial charge is 0.508 e. The molecule has 1 atom stereocenters. The summed E-state index contributed by atoms with van der Waals surface area (Å²) in [5.41, 5.74) is -1.20. The van der Waals surface area contributed by atoms with Gasteiger partial charge in [-0.25, -0.2) is 4.79 Å². The average molecular weight is 324 g/mol. The molecule has 0 fully saturated rings. The maximum Gasteiger partial charge on any atom is 0.508 e. The fourth-order valence-corrected chi connectivity index (χ4v) is 1.38. The van der Waals surface area contributed by atoms with Crippen LogP contribution in [0.25, 0.3) is 0 Å². The lowest BCUT2D eigenvalue weighted by Crippen LogP contribution is -2.35. The molecule has 10 nitrogen and oxygen atoms in total. The molecule has 0 aromatic heterocycles. The van der Waals surface area contributed by atoms with Crippen molar-refractivity contribution in [3.05, 3.63) is 0 Å². The topological polar surface area (TPSA) is 171 Å². The van der Waals surface area contributed by atoms with Crippen LogP contribution in [0.2, 0.25) is 0 Å². The molecule has 0 aliphatic rings. The van der Waals surface area contributed by atoms with Crippen molar-refractivity contribution in [2.24, 2.45) is 11.3 Å². The number of ether oxygens (including phenoxy) is 2. The lowest BCUT2D eigenvalue weighted by molar-refractivity contribution is -0.150. The summed E-state index contributed by atoms with van der Waals surface area (Å²) in [5.74, 6) is -4.16. The zero-order chi connectivity index (χ0) is 17.2. The minimum absolute atomic E-state index is 0.0386. The van der Waals surface area contributed by atoms with Crippen LogP contribution in [-0.2, 0) is 19.1 Å². The van der Waals surface area contributed by atoms with Crippen LogP contribution in [0.5, 0.6) is 0 Å². The number of hydrogen-bond donors (Lipinski definition) is 5. The first-order valence-corrected chi connectivity index (χ1v) is 6.37. The Morgan fingerprint density at radius 2 is 1.50 bits per heavy atom. The molecule has 0 amide bonds. The van der Waals surface area contributed by atoms with Gasteiger partial charge in [-0.15, -0.1) is 0 Å². The van der Waals surface area contributed by atoms with Crippen LogP contribution in [0.4, 0.5) is 4.79 Å². The Balaban J connectivity index is 4.18. The number of aliphatic carboxylic acids is 2. The molecule has 0 heterocycles. The van der Waals surface area contributed by atoms with E-state index in [1.165, 1.54) is 0 Å². The van der Waals surface area contributed by atoms with E-state index in [4.69, 9.17) is 25.5 Å². The van der Waals surface area contributed by atoms with Gasteiger partial charge in [-0.2, -0.15) is 0 Å². The summed E-state index contributed by atoms with van der Waals surface area (Å²) >= 11 is 0. The molecule has 0 aromatic rings. The van der Waals surface area contributed by atoms with E-state index in [1.807, 2.05) is 0 Å². The number of hydrogen-bond acceptors (Lipinski definition) is 8. The number of aliphatic hydroxyl groups is 3. The summed E-state index contributed by atoms with van der Waals surface area (Å²) in [6.45, 7) is -2.49. The first-order valence-electron chi connectivity index (χ1n) is 6.37. The van der Waals surface area contributed by atoms with Crippen molar-refractivity contribution in [3.63, 3.8) is 0 Å². The highest BCUT2D eigenvalue weighted by Crippen LogP contribution is 2.19. The highest BCUT2D eigenvalue weighted by atomic mass is 16.7. The van der Waals surface area contributed by atoms with Crippen LogP contribution in [0.15, 0.2) is 0 Å². The second-order valence-corrected chi connectivity index (χ2v) is 4.77. The molecule has 10 heteroatoms. The summed E-state index contributed by atoms with van der Waals surface area (Å²) in [5, 5.41) is 44.4. The number of carbonyl (C=O) groups is 3. The number of carboxylic acid groups (broad SMARTS) is 2. The van der Waals surface area contributed by atoms with Gasteiger partial charge in [0.1, 0.15) is 12.5 Å². The van der Waals surface area contributed by atoms with Gasteiger partial charge in [0, 0.05) is 5.41 Å². The van der Waals surface area contributed by atoms with Gasteiger partial charge in [0.05, 0.1) is 32.8 Å². The van der Waals surface area contributed by atoms with Crippen LogP contribution >= 0.6 is 0 Å². The Morgan fingerprint density at radius 1 is 0.955 bits per heavy atom. The van der Waals surface area contributed by atoms with Crippen molar-refractivity contribution in [1.29, 1.82) is 0 Å². The highest BCUT2D eigenvalue weighted by molar-refractivity contribution is 5.78. The van der Waals surface area contributed by atoms with Crippen molar-refractivity contribution in [2.75, 3.05) is 33.0 Å². The lowest BCUT2D eigenvalue weighted by atomic mass is 9.88. The summed E-state index contributed by atoms with van der Waals surface area (Å²) < 4.78 is 9.09. The molecule has 0 radical (unpaired) electrons. The minimum Gasteiger partial charge on any atom is -0.481 e. The van der Waals surface area contributed by atoms with Gasteiger partial charge in [0.15, 0.2) is 0 Å². The Morgan fingerprint density at radius 3 is 1.91 bits per heavy atom. The summed E-state index contributed by atoms with van der Waals surface area (Å²) in [7, 11) is 0. The van der Waals surface area contributed by atoms with E-state index in [-0.39, 0.29) is 13.0 Å². The molecule has 5 N–H and O–H groups in total. The van der Waals surface area contributed by atoms with Crippen molar-refractivity contribution < 1.29 is 49.4 Å². The van der Waals surface area contributed by atoms with Crippen LogP contribution in [-0.4, -0.2) is 76.7 Å². The van der Waals surface area contributed by atoms with Crippen LogP contribution in [0, 0.1) is 11.3 Å². The van der Waals surface area contributed by atoms with Crippen molar-refractivity contribution in [1.82, 2.24) is 0 Å². The predicted molar refractivity (Wildman–Crippen MR) is 69.0 cm³/mol. The van der Waals surface area contributed by atoms with E-state index < -0.39 is 62.3 Å². The van der Waals surface area contributed by atoms with E-state index in [1.54, 1.807) is 0 Å². The molecule has 0 bridgehead atoms. The molecule has 0 aliphatic heterocycles. The maximum absolute atomic E-state index is 11.2. The molecular weight excluding hydrogens is 304 g/mol. The number of carbonyl (C=O) groups excluding carboxylic acids is 1. The Kier molecular flexibility index (Phi) is 9.06. The van der Waals surface area contributed by atoms with Crippen LogP contribution < -0.4 is 0 Å². The van der Waals surface area contributed by atoms with E-state index in [0.717, 1.165) is 0 Å². The molecule has 1 unspecified atom stereocenters. The van der Waals surface area contributed by atoms with Gasteiger partial charge < -0.3 is 35.0 Å². The van der Waals surface area contributed by atoms with Crippen molar-refractivity contribution in [2.45, 2.75) is 12.8 Å². The standard InChI is InChI=1S/C12H20O10/c13-5-12(6-14,7-15)1-2-21-11(20)22-4-8(10(18)19)3-9(16)17/h8,13-15H,1-7H2,(H,16,17)(H,18,19). The van der Waals surface area contributed by atoms with Crippen molar-refractivity contribution in [3.8, 4) is 0 Å². The molecule has 128 valence electrons. The third kappa shape index (κ3) is 7.20. The minimum atomic E-state index is -1.42.